The van der Waals surface area contributed by atoms with E-state index in [1.54, 1.807) is 18.2 Å². The van der Waals surface area contributed by atoms with Gasteiger partial charge in [-0.1, -0.05) is 34.1 Å². The smallest absolute Gasteiger partial charge is 0.293 e. The summed E-state index contributed by atoms with van der Waals surface area (Å²) < 4.78 is 104. The number of alkyl halides is 5. The van der Waals surface area contributed by atoms with Crippen LogP contribution >= 0.6 is 27.5 Å². The number of fused-ring (bicyclic) bond motifs is 30. The fourth-order valence-corrected chi connectivity index (χ4v) is 23.2. The minimum absolute atomic E-state index is 0.00308. The zero-order valence-corrected chi connectivity index (χ0v) is 51.2. The molecule has 12 aliphatic heterocycles. The van der Waals surface area contributed by atoms with E-state index < -0.39 is 118 Å². The monoisotopic (exact) mass is 1360 g/mol. The Morgan fingerprint density at radius 1 is 0.456 bits per heavy atom. The molecular formula is C62H61BrClF3O22S. The molecule has 90 heavy (non-hydrogen) atoms. The normalized spacial score (nSPS) is 48.5. The van der Waals surface area contributed by atoms with Crippen LogP contribution in [0.2, 0.25) is 0 Å². The van der Waals surface area contributed by atoms with Gasteiger partial charge in [0.1, 0.15) is 68.4 Å². The van der Waals surface area contributed by atoms with E-state index in [2.05, 4.69) is 15.9 Å². The lowest BCUT2D eigenvalue weighted by atomic mass is 9.68. The number of sulfone groups is 1. The number of benzene rings is 1. The van der Waals surface area contributed by atoms with Gasteiger partial charge in [0.25, 0.3) is 6.47 Å². The summed E-state index contributed by atoms with van der Waals surface area (Å²) >= 11 is 9.65. The maximum atomic E-state index is 14.2. The predicted molar refractivity (Wildman–Crippen MR) is 295 cm³/mol. The molecule has 1 aromatic rings. The topological polar surface area (TPSA) is 321 Å². The number of halogens is 5. The molecule has 482 valence electrons. The van der Waals surface area contributed by atoms with Gasteiger partial charge < -0.3 is 33.2 Å². The number of Topliss-reactive ketones (excluding diaryl/α,β-unsaturated/α-hetero) is 12. The van der Waals surface area contributed by atoms with E-state index in [4.69, 9.17) is 44.8 Å². The SMILES string of the molecule is O=C1CC(=O)[C@]2(Br)[C@H]3CC[C@H](O3)[C@H]12.O=C1CC(=O)[C@]2(Cl)[C@H]3CC[C@H](O3)[C@H]12.O=C1CC(=O)[C@]2(F)[C@H]3CC[C@H](O3)[C@H]12.O=C1CC(=O)[C@]2(F)[C@H]3CC[C@H](O3)[C@]12F.O=C1CC(=O)[C@]2(S(=O)(=O)c3ccccc3)[C@H]3CC[C@H](O3)[C@H]12.O=COC[C@]12C(=O)CC(=O)[C@H]1[C@@H]1CC[C@H]2O1. The summed E-state index contributed by atoms with van der Waals surface area (Å²) in [6.45, 7) is 0.320. The first kappa shape index (κ1) is 62.4. The van der Waals surface area contributed by atoms with Crippen LogP contribution in [0, 0.1) is 35.0 Å². The van der Waals surface area contributed by atoms with Crippen LogP contribution in [0.3, 0.4) is 0 Å². The Morgan fingerprint density at radius 2 is 0.889 bits per heavy atom. The summed E-state index contributed by atoms with van der Waals surface area (Å²) in [5.74, 6) is -6.25. The summed E-state index contributed by atoms with van der Waals surface area (Å²) in [5.41, 5.74) is -8.19. The molecule has 6 saturated carbocycles. The van der Waals surface area contributed by atoms with Crippen molar-refractivity contribution in [2.75, 3.05) is 6.61 Å². The van der Waals surface area contributed by atoms with Gasteiger partial charge in [-0.05, 0) is 89.2 Å². The first-order valence-corrected chi connectivity index (χ1v) is 33.4. The molecule has 12 saturated heterocycles. The molecule has 6 aliphatic carbocycles. The van der Waals surface area contributed by atoms with Crippen molar-refractivity contribution in [3.8, 4) is 0 Å². The van der Waals surface area contributed by atoms with E-state index >= 15 is 0 Å². The highest BCUT2D eigenvalue weighted by Gasteiger charge is 2.82. The average Bonchev–Trinajstić information content (AvgIpc) is 1.45. The number of hydrogen-bond donors (Lipinski definition) is 0. The molecule has 12 heterocycles. The number of ether oxygens (including phenoxy) is 7. The highest BCUT2D eigenvalue weighted by atomic mass is 79.9. The number of carbonyl (C=O) groups is 13. The van der Waals surface area contributed by atoms with Gasteiger partial charge in [0.05, 0.1) is 128 Å². The lowest BCUT2D eigenvalue weighted by molar-refractivity contribution is -0.143. The van der Waals surface area contributed by atoms with Gasteiger partial charge in [-0.3, -0.25) is 62.3 Å². The molecule has 12 bridgehead atoms. The van der Waals surface area contributed by atoms with Crippen molar-refractivity contribution in [2.24, 2.45) is 35.0 Å². The zero-order chi connectivity index (χ0) is 63.9. The highest BCUT2D eigenvalue weighted by molar-refractivity contribution is 9.10. The maximum absolute atomic E-state index is 14.2. The third kappa shape index (κ3) is 8.01. The summed E-state index contributed by atoms with van der Waals surface area (Å²) in [7, 11) is -3.95. The summed E-state index contributed by atoms with van der Waals surface area (Å²) in [5, 5.41) is 0. The van der Waals surface area contributed by atoms with Crippen LogP contribution in [0.25, 0.3) is 0 Å². The molecule has 22 nitrogen and oxygen atoms in total. The minimum Gasteiger partial charge on any atom is -0.467 e. The van der Waals surface area contributed by atoms with Gasteiger partial charge in [-0.25, -0.2) is 21.6 Å². The molecule has 24 atom stereocenters. The van der Waals surface area contributed by atoms with Gasteiger partial charge in [-0.2, -0.15) is 0 Å². The number of rotatable bonds is 5. The zero-order valence-electron chi connectivity index (χ0n) is 48.0. The maximum Gasteiger partial charge on any atom is 0.293 e. The van der Waals surface area contributed by atoms with Crippen LogP contribution in [-0.4, -0.2) is 195 Å². The van der Waals surface area contributed by atoms with E-state index in [0.717, 1.165) is 44.9 Å². The first-order chi connectivity index (χ1) is 42.6. The summed E-state index contributed by atoms with van der Waals surface area (Å²) in [6, 6.07) is 7.90. The van der Waals surface area contributed by atoms with Crippen molar-refractivity contribution < 1.29 is 117 Å². The van der Waals surface area contributed by atoms with E-state index in [0.29, 0.717) is 38.6 Å². The average molecular weight is 1360 g/mol. The lowest BCUT2D eigenvalue weighted by Gasteiger charge is -2.33. The fourth-order valence-electron chi connectivity index (χ4n) is 19.2. The van der Waals surface area contributed by atoms with E-state index in [-0.39, 0.29) is 150 Å². The first-order valence-electron chi connectivity index (χ1n) is 30.7. The minimum atomic E-state index is -3.95. The van der Waals surface area contributed by atoms with Gasteiger partial charge in [0.2, 0.25) is 17.0 Å². The van der Waals surface area contributed by atoms with Gasteiger partial charge in [0.15, 0.2) is 55.1 Å². The molecule has 18 aliphatic rings. The summed E-state index contributed by atoms with van der Waals surface area (Å²) in [6.07, 6.45) is 2.37. The molecule has 0 amide bonds. The summed E-state index contributed by atoms with van der Waals surface area (Å²) in [4.78, 5) is 149. The Hall–Kier alpha value is -5.00. The Bertz CT molecular complexity index is 3400. The quantitative estimate of drug-likeness (QED) is 0.232. The molecule has 19 rings (SSSR count). The van der Waals surface area contributed by atoms with Crippen molar-refractivity contribution in [3.63, 3.8) is 0 Å². The van der Waals surface area contributed by atoms with Crippen LogP contribution in [0.15, 0.2) is 35.2 Å². The molecule has 18 fully saturated rings. The third-order valence-corrected chi connectivity index (χ3v) is 27.7. The Kier molecular flexibility index (Phi) is 14.7. The van der Waals surface area contributed by atoms with Crippen LogP contribution in [0.4, 0.5) is 13.2 Å². The molecule has 0 aromatic heterocycles. The van der Waals surface area contributed by atoms with Crippen LogP contribution in [-0.2, 0) is 105 Å². The Morgan fingerprint density at radius 3 is 1.51 bits per heavy atom. The second-order valence-electron chi connectivity index (χ2n) is 26.9. The predicted octanol–water partition coefficient (Wildman–Crippen LogP) is 3.23. The third-order valence-electron chi connectivity index (χ3n) is 23.1. The number of carbonyl (C=O) groups excluding carboxylic acids is 13. The van der Waals surface area contributed by atoms with Crippen LogP contribution in [0.5, 0.6) is 0 Å². The van der Waals surface area contributed by atoms with E-state index in [1.807, 2.05) is 0 Å². The number of hydrogen-bond acceptors (Lipinski definition) is 22. The van der Waals surface area contributed by atoms with Crippen molar-refractivity contribution >= 4 is 113 Å². The van der Waals surface area contributed by atoms with E-state index in [9.17, 15) is 83.9 Å². The molecule has 0 unspecified atom stereocenters. The van der Waals surface area contributed by atoms with Gasteiger partial charge in [0, 0.05) is 0 Å². The lowest BCUT2D eigenvalue weighted by Crippen LogP contribution is -2.57. The molecule has 0 spiro atoms. The van der Waals surface area contributed by atoms with Crippen LogP contribution in [0.1, 0.15) is 116 Å². The van der Waals surface area contributed by atoms with Gasteiger partial charge in [-0.15, -0.1) is 11.6 Å². The Labute approximate surface area is 524 Å². The Balaban J connectivity index is 0.0000000952. The van der Waals surface area contributed by atoms with Crippen molar-refractivity contribution in [1.82, 2.24) is 0 Å². The fraction of sp³-hybridized carbons (Fsp3) is 0.694. The van der Waals surface area contributed by atoms with Crippen molar-refractivity contribution in [2.45, 2.75) is 225 Å². The van der Waals surface area contributed by atoms with Crippen molar-refractivity contribution in [3.05, 3.63) is 30.3 Å². The van der Waals surface area contributed by atoms with Crippen LogP contribution < -0.4 is 0 Å². The standard InChI is InChI=1S/C15H14O5S.C11H12O5.C9H9BrO3.C9H9ClO3.C9H8F2O3.C9H9FO3/c16-10-8-12(17)15(13-7-6-11(20-13)14(10)15)21(18,19)9-4-2-1-3-5-9;12-5-15-4-11-8(14)3-6(13)10(11)7-1-2-9(11)16-7;2*10-9-6(12)3-4(11)8(9)5-1-2-7(9)13-5;10-8-4(12)3-5(13)9(8,11)7-2-1-6(8)14-7;10-9-6(12)3-4(11)8(9)5-1-2-7(9)13-5/h1-5,11,13-14H,6-8H2;5,7,9-10H,1-4H2;2*5,7-8H,1-3H2;6-7H,1-3H2;5,7-8H,1-3H2/t11-,13+,14-,15-;7-,9+,10-,11+;2*5-,7+,8-,9-;6-,7+,8+,9-;5-,7+,8-,9-/m0000.0/s1. The second-order valence-corrected chi connectivity index (χ2v) is 31.0. The molecule has 28 heteroatoms. The number of ketones is 12. The second kappa shape index (κ2) is 21.3. The molecule has 0 N–H and O–H groups in total. The highest BCUT2D eigenvalue weighted by Crippen LogP contribution is 2.62. The largest absolute Gasteiger partial charge is 0.467 e. The van der Waals surface area contributed by atoms with Crippen molar-refractivity contribution in [1.29, 1.82) is 0 Å². The molecule has 1 aromatic carbocycles. The molecular weight excluding hydrogens is 1300 g/mol. The molecule has 0 radical (unpaired) electrons. The van der Waals surface area contributed by atoms with E-state index in [1.165, 1.54) is 12.1 Å². The van der Waals surface area contributed by atoms with Gasteiger partial charge >= 0.3 is 0 Å².